The molecule has 2 aliphatic rings. The van der Waals surface area contributed by atoms with Crippen molar-refractivity contribution in [3.8, 4) is 0 Å². The Morgan fingerprint density at radius 3 is 2.57 bits per heavy atom. The molecule has 2 rings (SSSR count). The zero-order chi connectivity index (χ0) is 15.4. The van der Waals surface area contributed by atoms with Crippen LogP contribution in [0.2, 0.25) is 0 Å². The lowest BCUT2D eigenvalue weighted by molar-refractivity contribution is -0.149. The Bertz CT molecular complexity index is 388. The number of hydrogen-bond donors (Lipinski definition) is 2. The van der Waals surface area contributed by atoms with Gasteiger partial charge in [0.1, 0.15) is 0 Å². The third kappa shape index (κ3) is 4.09. The number of rotatable bonds is 4. The van der Waals surface area contributed by atoms with Crippen LogP contribution in [0.3, 0.4) is 0 Å². The summed E-state index contributed by atoms with van der Waals surface area (Å²) >= 11 is 0. The predicted octanol–water partition coefficient (Wildman–Crippen LogP) is 1.84. The van der Waals surface area contributed by atoms with Gasteiger partial charge in [-0.15, -0.1) is 0 Å². The van der Waals surface area contributed by atoms with Gasteiger partial charge >= 0.3 is 12.0 Å². The van der Waals surface area contributed by atoms with E-state index < -0.39 is 12.1 Å². The van der Waals surface area contributed by atoms with Crippen LogP contribution in [0, 0.1) is 5.92 Å². The summed E-state index contributed by atoms with van der Waals surface area (Å²) in [5.41, 5.74) is 0. The molecule has 1 aliphatic carbocycles. The molecular weight excluding hydrogens is 272 g/mol. The van der Waals surface area contributed by atoms with Gasteiger partial charge in [-0.25, -0.2) is 9.59 Å². The minimum atomic E-state index is -0.919. The maximum absolute atomic E-state index is 12.2. The molecule has 6 nitrogen and oxygen atoms in total. The van der Waals surface area contributed by atoms with Gasteiger partial charge < -0.3 is 20.1 Å². The molecule has 1 saturated carbocycles. The summed E-state index contributed by atoms with van der Waals surface area (Å²) in [7, 11) is 1.84. The molecule has 6 heteroatoms. The van der Waals surface area contributed by atoms with Crippen molar-refractivity contribution in [3.63, 3.8) is 0 Å². The lowest BCUT2D eigenvalue weighted by atomic mass is 9.85. The van der Waals surface area contributed by atoms with Crippen LogP contribution in [-0.4, -0.2) is 53.8 Å². The Kier molecular flexibility index (Phi) is 5.45. The summed E-state index contributed by atoms with van der Waals surface area (Å²) in [4.78, 5) is 24.8. The fraction of sp³-hybridized carbons (Fsp3) is 0.867. The summed E-state index contributed by atoms with van der Waals surface area (Å²) in [6.07, 6.45) is 4.96. The monoisotopic (exact) mass is 298 g/mol. The van der Waals surface area contributed by atoms with Gasteiger partial charge in [0.15, 0.2) is 6.10 Å². The summed E-state index contributed by atoms with van der Waals surface area (Å²) < 4.78 is 5.39. The highest BCUT2D eigenvalue weighted by molar-refractivity contribution is 5.74. The Labute approximate surface area is 125 Å². The van der Waals surface area contributed by atoms with Crippen LogP contribution in [0.15, 0.2) is 0 Å². The molecule has 21 heavy (non-hydrogen) atoms. The highest BCUT2D eigenvalue weighted by Crippen LogP contribution is 2.27. The van der Waals surface area contributed by atoms with Crippen LogP contribution in [0.5, 0.6) is 0 Å². The predicted molar refractivity (Wildman–Crippen MR) is 78.1 cm³/mol. The van der Waals surface area contributed by atoms with Crippen molar-refractivity contribution < 1.29 is 19.4 Å². The minimum absolute atomic E-state index is 0.0869. The van der Waals surface area contributed by atoms with Crippen molar-refractivity contribution in [2.24, 2.45) is 5.92 Å². The Balaban J connectivity index is 1.75. The van der Waals surface area contributed by atoms with E-state index in [1.54, 1.807) is 4.90 Å². The number of carbonyl (C=O) groups excluding carboxylic acids is 1. The van der Waals surface area contributed by atoms with Gasteiger partial charge in [-0.1, -0.05) is 19.8 Å². The minimum Gasteiger partial charge on any atom is -0.479 e. The first-order chi connectivity index (χ1) is 9.99. The molecule has 4 unspecified atom stereocenters. The molecule has 0 spiro atoms. The van der Waals surface area contributed by atoms with Crippen LogP contribution in [0.25, 0.3) is 0 Å². The lowest BCUT2D eigenvalue weighted by Crippen LogP contribution is -2.48. The van der Waals surface area contributed by atoms with E-state index in [9.17, 15) is 9.59 Å². The second-order valence-corrected chi connectivity index (χ2v) is 6.29. The third-order valence-electron chi connectivity index (χ3n) is 4.75. The number of carbonyl (C=O) groups is 2. The van der Waals surface area contributed by atoms with Gasteiger partial charge in [0.25, 0.3) is 0 Å². The summed E-state index contributed by atoms with van der Waals surface area (Å²) in [5.74, 6) is -0.384. The Morgan fingerprint density at radius 1 is 1.24 bits per heavy atom. The van der Waals surface area contributed by atoms with Crippen molar-refractivity contribution in [1.82, 2.24) is 10.2 Å². The lowest BCUT2D eigenvalue weighted by Gasteiger charge is -2.36. The van der Waals surface area contributed by atoms with Gasteiger partial charge in [-0.3, -0.25) is 0 Å². The molecule has 2 fully saturated rings. The Morgan fingerprint density at radius 2 is 1.95 bits per heavy atom. The van der Waals surface area contributed by atoms with Crippen molar-refractivity contribution in [2.75, 3.05) is 13.6 Å². The number of amides is 2. The molecule has 0 aromatic carbocycles. The molecule has 2 amide bonds. The topological polar surface area (TPSA) is 78.9 Å². The molecule has 0 aromatic heterocycles. The molecule has 120 valence electrons. The largest absolute Gasteiger partial charge is 0.479 e. The maximum atomic E-state index is 12.2. The van der Waals surface area contributed by atoms with E-state index >= 15 is 0 Å². The van der Waals surface area contributed by atoms with Crippen LogP contribution in [0.4, 0.5) is 4.79 Å². The maximum Gasteiger partial charge on any atom is 0.332 e. The molecule has 0 bridgehead atoms. The average molecular weight is 298 g/mol. The van der Waals surface area contributed by atoms with E-state index in [1.165, 1.54) is 19.3 Å². The van der Waals surface area contributed by atoms with Crippen molar-refractivity contribution >= 4 is 12.0 Å². The number of urea groups is 1. The highest BCUT2D eigenvalue weighted by Gasteiger charge is 2.32. The first-order valence-corrected chi connectivity index (χ1v) is 7.88. The van der Waals surface area contributed by atoms with Crippen molar-refractivity contribution in [3.05, 3.63) is 0 Å². The molecule has 0 aromatic rings. The first kappa shape index (κ1) is 16.1. The zero-order valence-corrected chi connectivity index (χ0v) is 12.9. The molecular formula is C15H26N2O4. The second kappa shape index (κ2) is 7.11. The van der Waals surface area contributed by atoms with Gasteiger partial charge in [-0.2, -0.15) is 0 Å². The number of hydrogen-bond acceptors (Lipinski definition) is 3. The van der Waals surface area contributed by atoms with E-state index in [0.717, 1.165) is 6.42 Å². The summed E-state index contributed by atoms with van der Waals surface area (Å²) in [6.45, 7) is 2.58. The fourth-order valence-corrected chi connectivity index (χ4v) is 3.39. The van der Waals surface area contributed by atoms with Crippen LogP contribution >= 0.6 is 0 Å². The van der Waals surface area contributed by atoms with E-state index in [-0.39, 0.29) is 12.1 Å². The molecule has 1 aliphatic heterocycles. The number of nitrogens with one attached hydrogen (secondary N) is 1. The second-order valence-electron chi connectivity index (χ2n) is 6.29. The number of ether oxygens (including phenoxy) is 1. The van der Waals surface area contributed by atoms with E-state index in [2.05, 4.69) is 12.2 Å². The fourth-order valence-electron chi connectivity index (χ4n) is 3.39. The molecule has 1 heterocycles. The van der Waals surface area contributed by atoms with E-state index in [1.807, 2.05) is 7.05 Å². The van der Waals surface area contributed by atoms with Crippen LogP contribution < -0.4 is 5.32 Å². The highest BCUT2D eigenvalue weighted by atomic mass is 16.5. The molecule has 1 saturated heterocycles. The number of aliphatic carboxylic acids is 1. The number of carboxylic acids is 1. The molecule has 0 radical (unpaired) electrons. The van der Waals surface area contributed by atoms with Crippen LogP contribution in [0.1, 0.15) is 45.4 Å². The van der Waals surface area contributed by atoms with Gasteiger partial charge in [0, 0.05) is 19.6 Å². The third-order valence-corrected chi connectivity index (χ3v) is 4.75. The zero-order valence-electron chi connectivity index (χ0n) is 12.9. The Hall–Kier alpha value is -1.30. The van der Waals surface area contributed by atoms with Crippen molar-refractivity contribution in [1.29, 1.82) is 0 Å². The standard InChI is InChI=1S/C15H26N2O4/c1-10-5-3-4-6-12(10)17(2)15(20)16-9-11-7-8-13(21-11)14(18)19/h10-13H,3-9H2,1-2H3,(H,16,20)(H,18,19). The van der Waals surface area contributed by atoms with Gasteiger partial charge in [-0.05, 0) is 31.6 Å². The molecule has 4 atom stereocenters. The number of nitrogens with zero attached hydrogens (tertiary/aromatic N) is 1. The van der Waals surface area contributed by atoms with Gasteiger partial charge in [0.2, 0.25) is 0 Å². The average Bonchev–Trinajstić information content (AvgIpc) is 2.93. The number of carboxylic acid groups (broad SMARTS) is 1. The summed E-state index contributed by atoms with van der Waals surface area (Å²) in [6, 6.07) is 0.214. The van der Waals surface area contributed by atoms with E-state index in [0.29, 0.717) is 31.3 Å². The van der Waals surface area contributed by atoms with Gasteiger partial charge in [0.05, 0.1) is 6.10 Å². The smallest absolute Gasteiger partial charge is 0.332 e. The molecule has 2 N–H and O–H groups in total. The van der Waals surface area contributed by atoms with Crippen LogP contribution in [-0.2, 0) is 9.53 Å². The quantitative estimate of drug-likeness (QED) is 0.830. The summed E-state index contributed by atoms with van der Waals surface area (Å²) in [5, 5.41) is 11.7. The normalized spacial score (nSPS) is 32.7. The SMILES string of the molecule is CC1CCCCC1N(C)C(=O)NCC1CCC(C(=O)O)O1. The first-order valence-electron chi connectivity index (χ1n) is 7.88. The van der Waals surface area contributed by atoms with E-state index in [4.69, 9.17) is 9.84 Å². The van der Waals surface area contributed by atoms with Crippen molar-refractivity contribution in [2.45, 2.75) is 63.7 Å².